The predicted molar refractivity (Wildman–Crippen MR) is 186 cm³/mol. The summed E-state index contributed by atoms with van der Waals surface area (Å²) in [4.78, 5) is 31.6. The lowest BCUT2D eigenvalue weighted by Gasteiger charge is -2.17. The van der Waals surface area contributed by atoms with Crippen LogP contribution >= 0.6 is 15.9 Å². The van der Waals surface area contributed by atoms with Crippen LogP contribution in [0.1, 0.15) is 42.0 Å². The van der Waals surface area contributed by atoms with E-state index in [1.165, 1.54) is 18.0 Å². The minimum Gasteiger partial charge on any atom is -0.496 e. The lowest BCUT2D eigenvalue weighted by atomic mass is 9.96. The van der Waals surface area contributed by atoms with E-state index in [9.17, 15) is 9.59 Å². The number of anilines is 1. The summed E-state index contributed by atoms with van der Waals surface area (Å²) in [5, 5.41) is 7.93. The number of carbonyl (C=O) groups is 1. The molecule has 0 bridgehead atoms. The molecule has 9 nitrogen and oxygen atoms in total. The Morgan fingerprint density at radius 3 is 2.41 bits per heavy atom. The second-order valence-corrected chi connectivity index (χ2v) is 12.0. The zero-order valence-electron chi connectivity index (χ0n) is 26.6. The van der Waals surface area contributed by atoms with Crippen molar-refractivity contribution in [2.75, 3.05) is 26.1 Å². The molecule has 0 spiro atoms. The van der Waals surface area contributed by atoms with E-state index < -0.39 is 0 Å². The third-order valence-corrected chi connectivity index (χ3v) is 7.91. The van der Waals surface area contributed by atoms with Gasteiger partial charge in [0.15, 0.2) is 23.9 Å². The number of hydrogen-bond donors (Lipinski definition) is 1. The SMILES string of the molecule is COc1cc(C)c(-c2nc3ccccc3c(=O)n2N=Cc2cc(Br)cc(OC)c2OCC(=O)Nc2ccc(C)cc2)cc1C(C)C. The summed E-state index contributed by atoms with van der Waals surface area (Å²) in [5.41, 5.74) is 5.06. The van der Waals surface area contributed by atoms with Crippen LogP contribution in [0.15, 0.2) is 87.2 Å². The summed E-state index contributed by atoms with van der Waals surface area (Å²) >= 11 is 3.52. The first-order valence-corrected chi connectivity index (χ1v) is 15.5. The Kier molecular flexibility index (Phi) is 9.87. The summed E-state index contributed by atoms with van der Waals surface area (Å²) in [6.45, 7) is 7.81. The molecule has 0 unspecified atom stereocenters. The van der Waals surface area contributed by atoms with Crippen LogP contribution in [0.3, 0.4) is 0 Å². The fraction of sp³-hybridized carbons (Fsp3) is 0.222. The number of benzene rings is 4. The van der Waals surface area contributed by atoms with Gasteiger partial charge in [-0.05, 0) is 79.4 Å². The van der Waals surface area contributed by atoms with Crippen molar-refractivity contribution in [1.29, 1.82) is 0 Å². The molecule has 0 atom stereocenters. The molecular formula is C36H35BrN4O5. The van der Waals surface area contributed by atoms with Crippen molar-refractivity contribution in [3.05, 3.63) is 110 Å². The molecular weight excluding hydrogens is 648 g/mol. The number of hydrogen-bond acceptors (Lipinski definition) is 7. The van der Waals surface area contributed by atoms with Crippen LogP contribution in [0.25, 0.3) is 22.3 Å². The molecule has 0 aliphatic carbocycles. The standard InChI is InChI=1S/C36H35BrN4O5/c1-21(2)28-18-29(23(4)15-31(28)44-5)35-40-30-10-8-7-9-27(30)36(43)41(35)38-19-24-16-25(37)17-32(45-6)34(24)46-20-33(42)39-26-13-11-22(3)12-14-26/h7-19,21H,20H2,1-6H3,(H,39,42). The predicted octanol–water partition coefficient (Wildman–Crippen LogP) is 7.48. The third-order valence-electron chi connectivity index (χ3n) is 7.46. The van der Waals surface area contributed by atoms with E-state index in [1.807, 2.05) is 62.4 Å². The van der Waals surface area contributed by atoms with Gasteiger partial charge >= 0.3 is 0 Å². The minimum atomic E-state index is -0.343. The lowest BCUT2D eigenvalue weighted by Crippen LogP contribution is -2.21. The summed E-state index contributed by atoms with van der Waals surface area (Å²) in [6.07, 6.45) is 1.50. The molecule has 0 saturated carbocycles. The number of methoxy groups -OCH3 is 2. The summed E-state index contributed by atoms with van der Waals surface area (Å²) in [6, 6.07) is 22.1. The van der Waals surface area contributed by atoms with Crippen molar-refractivity contribution in [2.45, 2.75) is 33.6 Å². The van der Waals surface area contributed by atoms with E-state index in [1.54, 1.807) is 31.4 Å². The zero-order valence-corrected chi connectivity index (χ0v) is 28.1. The highest BCUT2D eigenvalue weighted by atomic mass is 79.9. The molecule has 1 amide bonds. The van der Waals surface area contributed by atoms with Crippen LogP contribution in [0.2, 0.25) is 0 Å². The van der Waals surface area contributed by atoms with Gasteiger partial charge in [-0.1, -0.05) is 59.6 Å². The Labute approximate surface area is 276 Å². The van der Waals surface area contributed by atoms with Gasteiger partial charge < -0.3 is 19.5 Å². The molecule has 4 aromatic carbocycles. The molecule has 46 heavy (non-hydrogen) atoms. The van der Waals surface area contributed by atoms with Crippen molar-refractivity contribution in [2.24, 2.45) is 5.10 Å². The Morgan fingerprint density at radius 2 is 1.72 bits per heavy atom. The third kappa shape index (κ3) is 6.97. The maximum atomic E-state index is 13.9. The second-order valence-electron chi connectivity index (χ2n) is 11.1. The number of amides is 1. The van der Waals surface area contributed by atoms with Gasteiger partial charge in [0.2, 0.25) is 0 Å². The first-order chi connectivity index (χ1) is 22.1. The number of nitrogens with one attached hydrogen (secondary N) is 1. The molecule has 236 valence electrons. The molecule has 1 heterocycles. The second kappa shape index (κ2) is 14.0. The van der Waals surface area contributed by atoms with E-state index in [-0.39, 0.29) is 24.0 Å². The average Bonchev–Trinajstić information content (AvgIpc) is 3.04. The molecule has 1 aromatic heterocycles. The van der Waals surface area contributed by atoms with Crippen molar-refractivity contribution in [3.63, 3.8) is 0 Å². The van der Waals surface area contributed by atoms with E-state index >= 15 is 0 Å². The number of rotatable bonds is 10. The largest absolute Gasteiger partial charge is 0.496 e. The minimum absolute atomic E-state index is 0.162. The highest BCUT2D eigenvalue weighted by molar-refractivity contribution is 9.10. The summed E-state index contributed by atoms with van der Waals surface area (Å²) in [5.74, 6) is 1.64. The lowest BCUT2D eigenvalue weighted by molar-refractivity contribution is -0.118. The van der Waals surface area contributed by atoms with E-state index in [0.717, 1.165) is 28.0 Å². The number of carbonyl (C=O) groups excluding carboxylic acids is 1. The number of fused-ring (bicyclic) bond motifs is 1. The van der Waals surface area contributed by atoms with E-state index in [0.29, 0.717) is 43.9 Å². The van der Waals surface area contributed by atoms with Gasteiger partial charge in [-0.25, -0.2) is 4.98 Å². The van der Waals surface area contributed by atoms with Gasteiger partial charge in [0, 0.05) is 21.3 Å². The first kappa shape index (κ1) is 32.4. The van der Waals surface area contributed by atoms with Crippen LogP contribution in [0.5, 0.6) is 17.2 Å². The van der Waals surface area contributed by atoms with Gasteiger partial charge in [-0.2, -0.15) is 9.78 Å². The van der Waals surface area contributed by atoms with E-state index in [4.69, 9.17) is 19.2 Å². The van der Waals surface area contributed by atoms with Crippen molar-refractivity contribution < 1.29 is 19.0 Å². The van der Waals surface area contributed by atoms with Crippen LogP contribution < -0.4 is 25.1 Å². The summed E-state index contributed by atoms with van der Waals surface area (Å²) in [7, 11) is 3.16. The number of para-hydroxylation sites is 1. The van der Waals surface area contributed by atoms with Gasteiger partial charge in [-0.15, -0.1) is 0 Å². The topological polar surface area (TPSA) is 104 Å². The zero-order chi connectivity index (χ0) is 33.0. The number of aryl methyl sites for hydroxylation is 2. The Hall–Kier alpha value is -4.96. The smallest absolute Gasteiger partial charge is 0.282 e. The molecule has 0 aliphatic heterocycles. The van der Waals surface area contributed by atoms with E-state index in [2.05, 4.69) is 40.2 Å². The van der Waals surface area contributed by atoms with Crippen LogP contribution in [-0.2, 0) is 4.79 Å². The van der Waals surface area contributed by atoms with Crippen LogP contribution in [0.4, 0.5) is 5.69 Å². The molecule has 0 radical (unpaired) electrons. The quantitative estimate of drug-likeness (QED) is 0.153. The molecule has 1 N–H and O–H groups in total. The molecule has 10 heteroatoms. The maximum Gasteiger partial charge on any atom is 0.282 e. The first-order valence-electron chi connectivity index (χ1n) is 14.7. The molecule has 5 rings (SSSR count). The maximum absolute atomic E-state index is 13.9. The number of nitrogens with zero attached hydrogens (tertiary/aromatic N) is 3. The van der Waals surface area contributed by atoms with Crippen molar-refractivity contribution >= 4 is 44.6 Å². The van der Waals surface area contributed by atoms with Gasteiger partial charge in [0.05, 0.1) is 31.3 Å². The highest BCUT2D eigenvalue weighted by Crippen LogP contribution is 2.36. The summed E-state index contributed by atoms with van der Waals surface area (Å²) < 4.78 is 19.2. The number of halogens is 1. The molecule has 0 aliphatic rings. The van der Waals surface area contributed by atoms with Crippen LogP contribution in [-0.4, -0.2) is 42.6 Å². The van der Waals surface area contributed by atoms with Crippen LogP contribution in [0, 0.1) is 13.8 Å². The number of ether oxygens (including phenoxy) is 3. The van der Waals surface area contributed by atoms with Gasteiger partial charge in [0.1, 0.15) is 5.75 Å². The van der Waals surface area contributed by atoms with Gasteiger partial charge in [0.25, 0.3) is 11.5 Å². The Bertz CT molecular complexity index is 2000. The van der Waals surface area contributed by atoms with Crippen molar-refractivity contribution in [1.82, 2.24) is 9.66 Å². The molecule has 0 fully saturated rings. The Morgan fingerprint density at radius 1 is 1.00 bits per heavy atom. The monoisotopic (exact) mass is 682 g/mol. The average molecular weight is 684 g/mol. The Balaban J connectivity index is 1.59. The normalized spacial score (nSPS) is 11.3. The van der Waals surface area contributed by atoms with Gasteiger partial charge in [-0.3, -0.25) is 9.59 Å². The molecule has 0 saturated heterocycles. The fourth-order valence-electron chi connectivity index (χ4n) is 5.05. The fourth-order valence-corrected chi connectivity index (χ4v) is 5.51. The number of aromatic nitrogens is 2. The molecule has 5 aromatic rings. The van der Waals surface area contributed by atoms with Crippen molar-refractivity contribution in [3.8, 4) is 28.6 Å². The highest BCUT2D eigenvalue weighted by Gasteiger charge is 2.19.